The fourth-order valence-corrected chi connectivity index (χ4v) is 7.11. The molecule has 4 rings (SSSR count). The second kappa shape index (κ2) is 9.23. The van der Waals surface area contributed by atoms with Gasteiger partial charge in [-0.3, -0.25) is 9.69 Å². The lowest BCUT2D eigenvalue weighted by Gasteiger charge is -2.36. The van der Waals surface area contributed by atoms with Crippen LogP contribution in [-0.2, 0) is 14.8 Å². The van der Waals surface area contributed by atoms with E-state index in [9.17, 15) is 17.6 Å². The highest BCUT2D eigenvalue weighted by atomic mass is 32.2. The maximum Gasteiger partial charge on any atom is 0.237 e. The molecule has 0 aromatic heterocycles. The number of halogens is 1. The lowest BCUT2D eigenvalue weighted by atomic mass is 9.77. The number of carbonyl (C=O) groups excluding carboxylic acids is 1. The summed E-state index contributed by atoms with van der Waals surface area (Å²) in [5, 5.41) is 6.69. The summed E-state index contributed by atoms with van der Waals surface area (Å²) < 4.78 is 39.6. The van der Waals surface area contributed by atoms with Gasteiger partial charge in [0.05, 0.1) is 12.3 Å². The van der Waals surface area contributed by atoms with E-state index in [0.717, 1.165) is 51.6 Å². The van der Waals surface area contributed by atoms with Gasteiger partial charge in [0.25, 0.3) is 0 Å². The number of hydrogen-bond acceptors (Lipinski definition) is 5. The minimum atomic E-state index is -3.18. The van der Waals surface area contributed by atoms with E-state index >= 15 is 0 Å². The van der Waals surface area contributed by atoms with Gasteiger partial charge in [-0.1, -0.05) is 6.92 Å². The molecule has 0 radical (unpaired) electrons. The normalized spacial score (nSPS) is 42.0. The highest BCUT2D eigenvalue weighted by molar-refractivity contribution is 7.88. The maximum absolute atomic E-state index is 14.4. The van der Waals surface area contributed by atoms with Crippen molar-refractivity contribution in [2.24, 2.45) is 11.8 Å². The lowest BCUT2D eigenvalue weighted by molar-refractivity contribution is -0.124. The van der Waals surface area contributed by atoms with E-state index < -0.39 is 16.2 Å². The summed E-state index contributed by atoms with van der Waals surface area (Å²) in [6.45, 7) is 3.82. The molecule has 5 unspecified atom stereocenters. The maximum atomic E-state index is 14.4. The molecule has 2 heterocycles. The van der Waals surface area contributed by atoms with Crippen molar-refractivity contribution in [3.8, 4) is 0 Å². The van der Waals surface area contributed by atoms with Gasteiger partial charge in [0.15, 0.2) is 0 Å². The van der Waals surface area contributed by atoms with Gasteiger partial charge < -0.3 is 10.6 Å². The molecule has 178 valence electrons. The number of alkyl halides is 1. The Kier molecular flexibility index (Phi) is 6.97. The third kappa shape index (κ3) is 5.09. The van der Waals surface area contributed by atoms with Crippen LogP contribution in [0.5, 0.6) is 0 Å². The minimum absolute atomic E-state index is 0.0237. The molecule has 2 aliphatic heterocycles. The van der Waals surface area contributed by atoms with Gasteiger partial charge in [0.2, 0.25) is 15.9 Å². The van der Waals surface area contributed by atoms with E-state index in [0.29, 0.717) is 24.8 Å². The summed E-state index contributed by atoms with van der Waals surface area (Å²) in [6.07, 6.45) is 7.47. The van der Waals surface area contributed by atoms with Crippen molar-refractivity contribution in [3.05, 3.63) is 0 Å². The Labute approximate surface area is 186 Å². The molecule has 4 fully saturated rings. The van der Waals surface area contributed by atoms with Gasteiger partial charge in [-0.25, -0.2) is 17.1 Å². The standard InChI is InChI=1S/C22H39FN4O3S/c1-14-7-8-19(23)18-12-20(25-21(14)18)22(28)24-15-5-4-6-16(11-15)27-10-9-17(13-27)26(2)31(3,29)30/h14-21,25H,4-13H2,1-3H3,(H,24,28)/t14?,15-,16+,17+,18?,19?,20?,21?/m1/s1. The van der Waals surface area contributed by atoms with E-state index in [-0.39, 0.29) is 36.0 Å². The van der Waals surface area contributed by atoms with Crippen LogP contribution in [0.3, 0.4) is 0 Å². The first-order valence-corrected chi connectivity index (χ1v) is 13.9. The molecule has 2 saturated carbocycles. The van der Waals surface area contributed by atoms with Crippen molar-refractivity contribution < 1.29 is 17.6 Å². The Morgan fingerprint density at radius 2 is 1.94 bits per heavy atom. The zero-order chi connectivity index (χ0) is 22.3. The predicted molar refractivity (Wildman–Crippen MR) is 119 cm³/mol. The SMILES string of the molecule is CC1CCC(F)C2CC(C(=O)N[C@@H]3CCC[C@H](N4CC[C@H](N(C)S(C)(=O)=O)C4)C3)NC12. The van der Waals surface area contributed by atoms with Crippen molar-refractivity contribution >= 4 is 15.9 Å². The highest BCUT2D eigenvalue weighted by Crippen LogP contribution is 2.38. The molecule has 0 bridgehead atoms. The van der Waals surface area contributed by atoms with E-state index in [2.05, 4.69) is 22.5 Å². The minimum Gasteiger partial charge on any atom is -0.352 e. The lowest BCUT2D eigenvalue weighted by Crippen LogP contribution is -2.51. The van der Waals surface area contributed by atoms with Crippen LogP contribution in [0, 0.1) is 11.8 Å². The van der Waals surface area contributed by atoms with E-state index in [4.69, 9.17) is 0 Å². The Morgan fingerprint density at radius 3 is 2.65 bits per heavy atom. The molecular formula is C22H39FN4O3S. The molecule has 31 heavy (non-hydrogen) atoms. The molecule has 9 heteroatoms. The molecule has 2 aliphatic carbocycles. The Bertz CT molecular complexity index is 748. The summed E-state index contributed by atoms with van der Waals surface area (Å²) >= 11 is 0. The van der Waals surface area contributed by atoms with Crippen LogP contribution in [0.4, 0.5) is 4.39 Å². The Balaban J connectivity index is 1.29. The number of rotatable bonds is 5. The zero-order valence-corrected chi connectivity index (χ0v) is 19.9. The van der Waals surface area contributed by atoms with Gasteiger partial charge >= 0.3 is 0 Å². The van der Waals surface area contributed by atoms with Crippen molar-refractivity contribution in [1.29, 1.82) is 0 Å². The van der Waals surface area contributed by atoms with Crippen LogP contribution in [0.15, 0.2) is 0 Å². The topological polar surface area (TPSA) is 81.8 Å². The second-order valence-corrected chi connectivity index (χ2v) is 12.5. The van der Waals surface area contributed by atoms with Crippen molar-refractivity contribution in [2.75, 3.05) is 26.4 Å². The molecule has 0 spiro atoms. The fraction of sp³-hybridized carbons (Fsp3) is 0.955. The van der Waals surface area contributed by atoms with Crippen LogP contribution in [0.2, 0.25) is 0 Å². The Morgan fingerprint density at radius 1 is 1.16 bits per heavy atom. The number of nitrogens with one attached hydrogen (secondary N) is 2. The molecule has 2 saturated heterocycles. The van der Waals surface area contributed by atoms with Gasteiger partial charge in [-0.2, -0.15) is 0 Å². The first kappa shape index (κ1) is 23.4. The van der Waals surface area contributed by atoms with Crippen molar-refractivity contribution in [3.63, 3.8) is 0 Å². The molecule has 0 aromatic rings. The largest absolute Gasteiger partial charge is 0.352 e. The molecule has 4 aliphatic rings. The number of likely N-dealkylation sites (tertiary alicyclic amines) is 1. The summed E-state index contributed by atoms with van der Waals surface area (Å²) in [6, 6.07) is 0.389. The Hall–Kier alpha value is -0.770. The number of carbonyl (C=O) groups is 1. The predicted octanol–water partition coefficient (Wildman–Crippen LogP) is 1.49. The average molecular weight is 459 g/mol. The number of amides is 1. The van der Waals surface area contributed by atoms with E-state index in [1.54, 1.807) is 7.05 Å². The average Bonchev–Trinajstić information content (AvgIpc) is 3.38. The molecule has 7 nitrogen and oxygen atoms in total. The van der Waals surface area contributed by atoms with Crippen LogP contribution < -0.4 is 10.6 Å². The van der Waals surface area contributed by atoms with Gasteiger partial charge in [-0.05, 0) is 57.3 Å². The van der Waals surface area contributed by atoms with E-state index in [1.165, 1.54) is 10.6 Å². The number of fused-ring (bicyclic) bond motifs is 1. The summed E-state index contributed by atoms with van der Waals surface area (Å²) in [5.74, 6) is 0.407. The number of likely N-dealkylation sites (N-methyl/N-ethyl adjacent to an activating group) is 1. The summed E-state index contributed by atoms with van der Waals surface area (Å²) in [5.41, 5.74) is 0. The summed E-state index contributed by atoms with van der Waals surface area (Å²) in [7, 11) is -1.51. The molecule has 0 aromatic carbocycles. The molecule has 1 amide bonds. The highest BCUT2D eigenvalue weighted by Gasteiger charge is 2.46. The van der Waals surface area contributed by atoms with Crippen LogP contribution in [-0.4, -0.2) is 86.3 Å². The van der Waals surface area contributed by atoms with Gasteiger partial charge in [-0.15, -0.1) is 0 Å². The third-order valence-electron chi connectivity index (χ3n) is 8.40. The monoisotopic (exact) mass is 458 g/mol. The van der Waals surface area contributed by atoms with Crippen molar-refractivity contribution in [1.82, 2.24) is 19.8 Å². The fourth-order valence-electron chi connectivity index (χ4n) is 6.40. The quantitative estimate of drug-likeness (QED) is 0.653. The number of hydrogen-bond donors (Lipinski definition) is 2. The van der Waals surface area contributed by atoms with Crippen LogP contribution in [0.25, 0.3) is 0 Å². The molecule has 8 atom stereocenters. The third-order valence-corrected chi connectivity index (χ3v) is 9.74. The smallest absolute Gasteiger partial charge is 0.237 e. The first-order valence-electron chi connectivity index (χ1n) is 12.0. The number of sulfonamides is 1. The molecule has 2 N–H and O–H groups in total. The molecular weight excluding hydrogens is 419 g/mol. The zero-order valence-electron chi connectivity index (χ0n) is 19.1. The van der Waals surface area contributed by atoms with Gasteiger partial charge in [0, 0.05) is 50.2 Å². The first-order chi connectivity index (χ1) is 14.6. The summed E-state index contributed by atoms with van der Waals surface area (Å²) in [4.78, 5) is 15.4. The van der Waals surface area contributed by atoms with Gasteiger partial charge in [0.1, 0.15) is 6.17 Å². The van der Waals surface area contributed by atoms with Crippen LogP contribution in [0.1, 0.15) is 58.3 Å². The number of nitrogens with zero attached hydrogens (tertiary/aromatic N) is 2. The second-order valence-electron chi connectivity index (χ2n) is 10.5. The van der Waals surface area contributed by atoms with E-state index in [1.807, 2.05) is 0 Å². The van der Waals surface area contributed by atoms with Crippen LogP contribution >= 0.6 is 0 Å². The van der Waals surface area contributed by atoms with Crippen molar-refractivity contribution in [2.45, 2.75) is 94.7 Å².